The van der Waals surface area contributed by atoms with Crippen LogP contribution in [-0.2, 0) is 13.0 Å². The molecule has 0 aliphatic heterocycles. The lowest BCUT2D eigenvalue weighted by atomic mass is 9.97. The number of rotatable bonds is 13. The fraction of sp³-hybridized carbons (Fsp3) is 0.257. The highest BCUT2D eigenvalue weighted by molar-refractivity contribution is 6.10. The highest BCUT2D eigenvalue weighted by Gasteiger charge is 2.24. The predicted molar refractivity (Wildman–Crippen MR) is 162 cm³/mol. The first-order valence-electron chi connectivity index (χ1n) is 14.2. The summed E-state index contributed by atoms with van der Waals surface area (Å²) in [6, 6.07) is 21.8. The van der Waals surface area contributed by atoms with Crippen LogP contribution in [0.15, 0.2) is 84.9 Å². The largest absolute Gasteiger partial charge is 0.494 e. The molecule has 3 N–H and O–H groups in total. The molecule has 0 aromatic heterocycles. The highest BCUT2D eigenvalue weighted by atomic mass is 19.1. The molecule has 0 unspecified atom stereocenters. The third-order valence-electron chi connectivity index (χ3n) is 6.97. The van der Waals surface area contributed by atoms with Gasteiger partial charge in [0, 0.05) is 35.8 Å². The molecule has 0 saturated heterocycles. The van der Waals surface area contributed by atoms with Crippen molar-refractivity contribution in [3.63, 3.8) is 0 Å². The number of carbonyl (C=O) groups is 2. The van der Waals surface area contributed by atoms with Gasteiger partial charge in [-0.15, -0.1) is 0 Å². The van der Waals surface area contributed by atoms with Gasteiger partial charge in [-0.05, 0) is 86.3 Å². The van der Waals surface area contributed by atoms with Gasteiger partial charge in [0.15, 0.2) is 5.78 Å². The van der Waals surface area contributed by atoms with Gasteiger partial charge in [-0.3, -0.25) is 9.59 Å². The maximum absolute atomic E-state index is 14.0. The van der Waals surface area contributed by atoms with Crippen LogP contribution in [-0.4, -0.2) is 42.1 Å². The number of ether oxygens (including phenoxy) is 1. The number of ketones is 1. The first kappa shape index (κ1) is 31.5. The summed E-state index contributed by atoms with van der Waals surface area (Å²) < 4.78 is 33.5. The zero-order chi connectivity index (χ0) is 30.9. The van der Waals surface area contributed by atoms with Crippen molar-refractivity contribution < 1.29 is 28.2 Å². The molecule has 0 saturated carbocycles. The Hall–Kier alpha value is -4.40. The molecule has 0 radical (unpaired) electrons. The molecule has 4 aromatic carbocycles. The second-order valence-electron chi connectivity index (χ2n) is 10.6. The van der Waals surface area contributed by atoms with Crippen molar-refractivity contribution in [1.29, 1.82) is 0 Å². The van der Waals surface area contributed by atoms with E-state index in [1.165, 1.54) is 18.2 Å². The molecule has 2 atom stereocenters. The number of carbonyl (C=O) groups excluding carboxylic acids is 2. The molecule has 0 bridgehead atoms. The summed E-state index contributed by atoms with van der Waals surface area (Å²) in [5.41, 5.74) is 4.05. The van der Waals surface area contributed by atoms with Crippen molar-refractivity contribution in [2.24, 2.45) is 0 Å². The Morgan fingerprint density at radius 2 is 1.51 bits per heavy atom. The summed E-state index contributed by atoms with van der Waals surface area (Å²) in [5, 5.41) is 17.2. The molecule has 8 heteroatoms. The minimum atomic E-state index is -1.11. The van der Waals surface area contributed by atoms with E-state index in [0.29, 0.717) is 29.8 Å². The number of hydrogen-bond donors (Lipinski definition) is 3. The van der Waals surface area contributed by atoms with Crippen LogP contribution in [0.25, 0.3) is 0 Å². The SMILES string of the molecule is CCOc1cccc(CNC[C@@H](O)[C@H](Cc2cc(F)cc(F)c2)NC(=O)c2cc(C)cc(C(=O)c3ccc(C)cc3)c2)c1. The molecule has 1 amide bonds. The first-order chi connectivity index (χ1) is 20.6. The zero-order valence-electron chi connectivity index (χ0n) is 24.5. The van der Waals surface area contributed by atoms with Crippen LogP contribution in [0.3, 0.4) is 0 Å². The Kier molecular flexibility index (Phi) is 10.8. The van der Waals surface area contributed by atoms with Crippen LogP contribution in [0.1, 0.15) is 55.5 Å². The Labute approximate surface area is 250 Å². The quantitative estimate of drug-likeness (QED) is 0.175. The minimum absolute atomic E-state index is 0.0237. The number of benzene rings is 4. The number of hydrogen-bond acceptors (Lipinski definition) is 5. The van der Waals surface area contributed by atoms with E-state index in [4.69, 9.17) is 4.74 Å². The average Bonchev–Trinajstić information content (AvgIpc) is 2.96. The lowest BCUT2D eigenvalue weighted by Gasteiger charge is -2.25. The van der Waals surface area contributed by atoms with E-state index in [9.17, 15) is 23.5 Å². The maximum atomic E-state index is 14.0. The molecule has 0 aliphatic carbocycles. The number of aliphatic hydroxyl groups excluding tert-OH is 1. The number of amides is 1. The van der Waals surface area contributed by atoms with E-state index in [1.54, 1.807) is 31.2 Å². The van der Waals surface area contributed by atoms with Crippen LogP contribution in [0.2, 0.25) is 0 Å². The van der Waals surface area contributed by atoms with Gasteiger partial charge in [-0.25, -0.2) is 8.78 Å². The summed E-state index contributed by atoms with van der Waals surface area (Å²) >= 11 is 0. The molecular formula is C35H36F2N2O4. The Balaban J connectivity index is 1.52. The second-order valence-corrected chi connectivity index (χ2v) is 10.6. The molecule has 0 heterocycles. The van der Waals surface area contributed by atoms with Crippen LogP contribution < -0.4 is 15.4 Å². The monoisotopic (exact) mass is 586 g/mol. The van der Waals surface area contributed by atoms with E-state index in [1.807, 2.05) is 50.2 Å². The van der Waals surface area contributed by atoms with Gasteiger partial charge in [-0.2, -0.15) is 0 Å². The number of halogens is 2. The fourth-order valence-corrected chi connectivity index (χ4v) is 4.85. The van der Waals surface area contributed by atoms with E-state index in [0.717, 1.165) is 22.9 Å². The lowest BCUT2D eigenvalue weighted by Crippen LogP contribution is -2.48. The van der Waals surface area contributed by atoms with Crippen molar-refractivity contribution >= 4 is 11.7 Å². The van der Waals surface area contributed by atoms with Crippen molar-refractivity contribution in [2.75, 3.05) is 13.2 Å². The van der Waals surface area contributed by atoms with E-state index < -0.39 is 29.7 Å². The van der Waals surface area contributed by atoms with Gasteiger partial charge in [0.1, 0.15) is 17.4 Å². The second kappa shape index (κ2) is 14.7. The molecule has 4 aromatic rings. The van der Waals surface area contributed by atoms with Crippen LogP contribution in [0.4, 0.5) is 8.78 Å². The molecule has 6 nitrogen and oxygen atoms in total. The van der Waals surface area contributed by atoms with E-state index in [-0.39, 0.29) is 29.9 Å². The Morgan fingerprint density at radius 1 is 0.814 bits per heavy atom. The summed E-state index contributed by atoms with van der Waals surface area (Å²) in [4.78, 5) is 26.6. The zero-order valence-corrected chi connectivity index (χ0v) is 24.5. The molecule has 0 fully saturated rings. The molecule has 224 valence electrons. The minimum Gasteiger partial charge on any atom is -0.494 e. The summed E-state index contributed by atoms with van der Waals surface area (Å²) in [5.74, 6) is -1.51. The van der Waals surface area contributed by atoms with Gasteiger partial charge in [0.05, 0.1) is 18.8 Å². The molecular weight excluding hydrogens is 550 g/mol. The number of aryl methyl sites for hydroxylation is 2. The molecule has 0 spiro atoms. The number of nitrogens with one attached hydrogen (secondary N) is 2. The first-order valence-corrected chi connectivity index (χ1v) is 14.2. The summed E-state index contributed by atoms with van der Waals surface area (Å²) in [6.45, 7) is 6.68. The van der Waals surface area contributed by atoms with Gasteiger partial charge < -0.3 is 20.5 Å². The van der Waals surface area contributed by atoms with Crippen molar-refractivity contribution in [3.8, 4) is 5.75 Å². The summed E-state index contributed by atoms with van der Waals surface area (Å²) in [6.07, 6.45) is -1.13. The molecule has 43 heavy (non-hydrogen) atoms. The van der Waals surface area contributed by atoms with Crippen LogP contribution in [0, 0.1) is 25.5 Å². The standard InChI is InChI=1S/C35H36F2N2O4/c1-4-43-31-7-5-6-24(16-31)20-38-21-33(40)32(17-25-14-29(36)19-30(37)15-25)39-35(42)28-13-23(3)12-27(18-28)34(41)26-10-8-22(2)9-11-26/h5-16,18-19,32-33,38,40H,4,17,20-21H2,1-3H3,(H,39,42)/t32-,33+/m0/s1. The third-order valence-corrected chi connectivity index (χ3v) is 6.97. The molecule has 0 aliphatic rings. The van der Waals surface area contributed by atoms with Crippen molar-refractivity contribution in [2.45, 2.75) is 45.9 Å². The lowest BCUT2D eigenvalue weighted by molar-refractivity contribution is 0.0829. The Morgan fingerprint density at radius 3 is 2.21 bits per heavy atom. The average molecular weight is 587 g/mol. The summed E-state index contributed by atoms with van der Waals surface area (Å²) in [7, 11) is 0. The molecule has 4 rings (SSSR count). The highest BCUT2D eigenvalue weighted by Crippen LogP contribution is 2.18. The Bertz CT molecular complexity index is 1550. The van der Waals surface area contributed by atoms with E-state index >= 15 is 0 Å². The maximum Gasteiger partial charge on any atom is 0.251 e. The smallest absolute Gasteiger partial charge is 0.251 e. The van der Waals surface area contributed by atoms with Crippen molar-refractivity contribution in [1.82, 2.24) is 10.6 Å². The van der Waals surface area contributed by atoms with Crippen LogP contribution in [0.5, 0.6) is 5.75 Å². The van der Waals surface area contributed by atoms with Gasteiger partial charge in [0.25, 0.3) is 5.91 Å². The fourth-order valence-electron chi connectivity index (χ4n) is 4.85. The van der Waals surface area contributed by atoms with Crippen molar-refractivity contribution in [3.05, 3.63) is 136 Å². The third kappa shape index (κ3) is 9.04. The normalized spacial score (nSPS) is 12.4. The predicted octanol–water partition coefficient (Wildman–Crippen LogP) is 5.70. The number of aliphatic hydroxyl groups is 1. The van der Waals surface area contributed by atoms with Crippen LogP contribution >= 0.6 is 0 Å². The van der Waals surface area contributed by atoms with Gasteiger partial charge >= 0.3 is 0 Å². The van der Waals surface area contributed by atoms with E-state index in [2.05, 4.69) is 10.6 Å². The van der Waals surface area contributed by atoms with Gasteiger partial charge in [-0.1, -0.05) is 42.0 Å². The topological polar surface area (TPSA) is 87.7 Å². The van der Waals surface area contributed by atoms with Gasteiger partial charge in [0.2, 0.25) is 0 Å².